The zero-order valence-corrected chi connectivity index (χ0v) is 24.9. The molecule has 220 valence electrons. The summed E-state index contributed by atoms with van der Waals surface area (Å²) in [6.45, 7) is 6.16. The molecular formula is C33H37N3O5S. The SMILES string of the molecule is CCOc1ccc(NC(=O)[C@H]2[C@H]3C(=O)N([C@@H](CC)CO)C(C(=O)Nc4ccc5ccccc5c4)C34CC[C@]2(C)S4)cc1. The van der Waals surface area contributed by atoms with E-state index < -0.39 is 33.4 Å². The van der Waals surface area contributed by atoms with Crippen LogP contribution >= 0.6 is 11.8 Å². The van der Waals surface area contributed by atoms with Crippen LogP contribution in [0.4, 0.5) is 11.4 Å². The highest BCUT2D eigenvalue weighted by molar-refractivity contribution is 8.02. The maximum Gasteiger partial charge on any atom is 0.248 e. The quantitative estimate of drug-likeness (QED) is 0.323. The smallest absolute Gasteiger partial charge is 0.248 e. The summed E-state index contributed by atoms with van der Waals surface area (Å²) in [5.74, 6) is -1.30. The first-order valence-electron chi connectivity index (χ1n) is 14.7. The van der Waals surface area contributed by atoms with Gasteiger partial charge in [-0.2, -0.15) is 0 Å². The number of nitrogens with zero attached hydrogens (tertiary/aromatic N) is 1. The molecule has 6 rings (SSSR count). The third kappa shape index (κ3) is 4.54. The van der Waals surface area contributed by atoms with E-state index in [0.717, 1.165) is 10.8 Å². The molecule has 3 fully saturated rings. The van der Waals surface area contributed by atoms with Crippen LogP contribution in [0.5, 0.6) is 5.75 Å². The molecule has 3 saturated heterocycles. The lowest BCUT2D eigenvalue weighted by Gasteiger charge is -2.36. The Labute approximate surface area is 250 Å². The summed E-state index contributed by atoms with van der Waals surface area (Å²) in [7, 11) is 0. The van der Waals surface area contributed by atoms with Gasteiger partial charge in [-0.3, -0.25) is 14.4 Å². The summed E-state index contributed by atoms with van der Waals surface area (Å²) in [4.78, 5) is 44.1. The monoisotopic (exact) mass is 587 g/mol. The molecule has 6 atom stereocenters. The molecule has 3 heterocycles. The van der Waals surface area contributed by atoms with Crippen molar-refractivity contribution in [2.24, 2.45) is 11.8 Å². The Morgan fingerprint density at radius 2 is 1.69 bits per heavy atom. The van der Waals surface area contributed by atoms with E-state index in [4.69, 9.17) is 4.74 Å². The van der Waals surface area contributed by atoms with Crippen molar-refractivity contribution in [1.29, 1.82) is 0 Å². The zero-order chi connectivity index (χ0) is 29.6. The summed E-state index contributed by atoms with van der Waals surface area (Å²) in [5, 5.41) is 18.5. The van der Waals surface area contributed by atoms with Gasteiger partial charge in [0.25, 0.3) is 0 Å². The van der Waals surface area contributed by atoms with E-state index in [-0.39, 0.29) is 24.3 Å². The van der Waals surface area contributed by atoms with Gasteiger partial charge < -0.3 is 25.4 Å². The van der Waals surface area contributed by atoms with E-state index in [1.807, 2.05) is 63.2 Å². The molecule has 3 aromatic rings. The second-order valence-corrected chi connectivity index (χ2v) is 13.6. The van der Waals surface area contributed by atoms with Gasteiger partial charge in [-0.15, -0.1) is 11.8 Å². The summed E-state index contributed by atoms with van der Waals surface area (Å²) in [5.41, 5.74) is 1.28. The summed E-state index contributed by atoms with van der Waals surface area (Å²) >= 11 is 1.62. The number of aliphatic hydroxyl groups excluding tert-OH is 1. The van der Waals surface area contributed by atoms with Crippen LogP contribution in [0.3, 0.4) is 0 Å². The largest absolute Gasteiger partial charge is 0.494 e. The minimum atomic E-state index is -0.811. The number of benzene rings is 3. The van der Waals surface area contributed by atoms with E-state index in [1.54, 1.807) is 40.9 Å². The molecule has 42 heavy (non-hydrogen) atoms. The normalized spacial score (nSPS) is 28.5. The highest BCUT2D eigenvalue weighted by atomic mass is 32.2. The molecule has 3 amide bonds. The Hall–Kier alpha value is -3.56. The predicted octanol–water partition coefficient (Wildman–Crippen LogP) is 5.07. The van der Waals surface area contributed by atoms with E-state index in [1.165, 1.54) is 0 Å². The number of aliphatic hydroxyl groups is 1. The van der Waals surface area contributed by atoms with E-state index >= 15 is 0 Å². The number of carbonyl (C=O) groups is 3. The molecule has 8 nitrogen and oxygen atoms in total. The molecule has 3 aliphatic rings. The van der Waals surface area contributed by atoms with Gasteiger partial charge in [0.2, 0.25) is 17.7 Å². The number of hydrogen-bond acceptors (Lipinski definition) is 6. The Morgan fingerprint density at radius 1 is 1.00 bits per heavy atom. The summed E-state index contributed by atoms with van der Waals surface area (Å²) in [6, 6.07) is 19.6. The van der Waals surface area contributed by atoms with Crippen molar-refractivity contribution in [1.82, 2.24) is 4.90 Å². The number of amides is 3. The van der Waals surface area contributed by atoms with Gasteiger partial charge >= 0.3 is 0 Å². The summed E-state index contributed by atoms with van der Waals surface area (Å²) in [6.07, 6.45) is 1.85. The van der Waals surface area contributed by atoms with Crippen molar-refractivity contribution >= 4 is 51.6 Å². The highest BCUT2D eigenvalue weighted by Gasteiger charge is 2.77. The first-order valence-corrected chi connectivity index (χ1v) is 15.5. The van der Waals surface area contributed by atoms with Gasteiger partial charge in [0.05, 0.1) is 35.8 Å². The predicted molar refractivity (Wildman–Crippen MR) is 166 cm³/mol. The fourth-order valence-electron chi connectivity index (χ4n) is 7.37. The van der Waals surface area contributed by atoms with E-state index in [0.29, 0.717) is 43.0 Å². The molecule has 2 unspecified atom stereocenters. The molecule has 1 spiro atoms. The summed E-state index contributed by atoms with van der Waals surface area (Å²) < 4.78 is 4.26. The van der Waals surface area contributed by atoms with Crippen molar-refractivity contribution in [2.75, 3.05) is 23.8 Å². The first kappa shape index (κ1) is 28.6. The minimum absolute atomic E-state index is 0.221. The number of nitrogens with one attached hydrogen (secondary N) is 2. The molecule has 3 N–H and O–H groups in total. The van der Waals surface area contributed by atoms with Crippen LogP contribution in [-0.4, -0.2) is 62.5 Å². The van der Waals surface area contributed by atoms with Crippen LogP contribution in [-0.2, 0) is 14.4 Å². The fourth-order valence-corrected chi connectivity index (χ4v) is 9.71. The number of rotatable bonds is 9. The molecule has 0 radical (unpaired) electrons. The topological polar surface area (TPSA) is 108 Å². The highest BCUT2D eigenvalue weighted by Crippen LogP contribution is 2.71. The lowest BCUT2D eigenvalue weighted by atomic mass is 9.66. The van der Waals surface area contributed by atoms with Crippen LogP contribution in [0.25, 0.3) is 10.8 Å². The standard InChI is InChI=1S/C33H37N3O5S/c1-4-24(19-37)36-28(30(39)35-23-11-10-20-8-6-7-9-21(20)18-23)33-17-16-32(3,42-33)26(27(33)31(36)40)29(38)34-22-12-14-25(15-13-22)41-5-2/h6-15,18,24,26-28,37H,4-5,16-17,19H2,1-3H3,(H,34,38)(H,35,39)/t24-,26+,27-,28?,32-,33?/m0/s1. The number of thioether (sulfide) groups is 1. The number of anilines is 2. The fraction of sp³-hybridized carbons (Fsp3) is 0.424. The Bertz CT molecular complexity index is 1530. The molecule has 0 aromatic heterocycles. The van der Waals surface area contributed by atoms with Crippen molar-refractivity contribution in [3.8, 4) is 5.75 Å². The Balaban J connectivity index is 1.33. The van der Waals surface area contributed by atoms with Gasteiger partial charge in [-0.1, -0.05) is 37.3 Å². The molecule has 3 aliphatic heterocycles. The third-order valence-electron chi connectivity index (χ3n) is 9.27. The molecule has 9 heteroatoms. The number of hydrogen-bond donors (Lipinski definition) is 3. The van der Waals surface area contributed by atoms with Crippen LogP contribution in [0.1, 0.15) is 40.0 Å². The first-order chi connectivity index (χ1) is 20.2. The van der Waals surface area contributed by atoms with Crippen LogP contribution in [0.2, 0.25) is 0 Å². The van der Waals surface area contributed by atoms with E-state index in [2.05, 4.69) is 10.6 Å². The van der Waals surface area contributed by atoms with E-state index in [9.17, 15) is 19.5 Å². The van der Waals surface area contributed by atoms with Crippen molar-refractivity contribution in [3.63, 3.8) is 0 Å². The van der Waals surface area contributed by atoms with Crippen molar-refractivity contribution in [3.05, 3.63) is 66.7 Å². The number of likely N-dealkylation sites (tertiary alicyclic amines) is 1. The van der Waals surface area contributed by atoms with Crippen LogP contribution in [0.15, 0.2) is 66.7 Å². The second-order valence-electron chi connectivity index (χ2n) is 11.7. The van der Waals surface area contributed by atoms with Gasteiger partial charge in [-0.25, -0.2) is 0 Å². The molecule has 0 saturated carbocycles. The molecular weight excluding hydrogens is 550 g/mol. The average molecular weight is 588 g/mol. The Morgan fingerprint density at radius 3 is 2.38 bits per heavy atom. The molecule has 2 bridgehead atoms. The van der Waals surface area contributed by atoms with Crippen molar-refractivity contribution in [2.45, 2.75) is 61.6 Å². The zero-order valence-electron chi connectivity index (χ0n) is 24.1. The minimum Gasteiger partial charge on any atom is -0.494 e. The number of fused-ring (bicyclic) bond motifs is 2. The van der Waals surface area contributed by atoms with Gasteiger partial charge in [0.15, 0.2) is 0 Å². The maximum absolute atomic E-state index is 14.3. The lowest BCUT2D eigenvalue weighted by molar-refractivity contribution is -0.141. The lowest BCUT2D eigenvalue weighted by Crippen LogP contribution is -2.54. The molecule has 3 aromatic carbocycles. The van der Waals surface area contributed by atoms with Gasteiger partial charge in [-0.05, 0) is 80.3 Å². The van der Waals surface area contributed by atoms with Gasteiger partial charge in [0, 0.05) is 16.1 Å². The number of carbonyl (C=O) groups excluding carboxylic acids is 3. The third-order valence-corrected chi connectivity index (χ3v) is 11.3. The average Bonchev–Trinajstić information content (AvgIpc) is 3.55. The van der Waals surface area contributed by atoms with Crippen LogP contribution in [0, 0.1) is 11.8 Å². The number of ether oxygens (including phenoxy) is 1. The Kier molecular flexibility index (Phi) is 7.43. The van der Waals surface area contributed by atoms with Crippen LogP contribution < -0.4 is 15.4 Å². The van der Waals surface area contributed by atoms with Crippen molar-refractivity contribution < 1.29 is 24.2 Å². The maximum atomic E-state index is 14.3. The van der Waals surface area contributed by atoms with Gasteiger partial charge in [0.1, 0.15) is 11.8 Å². The molecule has 0 aliphatic carbocycles. The second kappa shape index (κ2) is 10.9.